The van der Waals surface area contributed by atoms with Crippen molar-refractivity contribution in [3.63, 3.8) is 0 Å². The van der Waals surface area contributed by atoms with Crippen molar-refractivity contribution in [3.05, 3.63) is 120 Å². The number of hydrogen-bond acceptors (Lipinski definition) is 5. The van der Waals surface area contributed by atoms with E-state index in [4.69, 9.17) is 10.1 Å². The molecule has 0 unspecified atom stereocenters. The zero-order valence-electron chi connectivity index (χ0n) is 23.3. The zero-order chi connectivity index (χ0) is 28.6. The summed E-state index contributed by atoms with van der Waals surface area (Å²) >= 11 is 1.65. The topological polar surface area (TPSA) is 65.5 Å². The van der Waals surface area contributed by atoms with Gasteiger partial charge in [-0.3, -0.25) is 4.79 Å². The van der Waals surface area contributed by atoms with E-state index < -0.39 is 5.97 Å². The van der Waals surface area contributed by atoms with Gasteiger partial charge in [0.05, 0.1) is 18.7 Å². The maximum atomic E-state index is 10.8. The standard InChI is InChI=1S/C35H35N3O2S/c1-3-4-7-26-12-18-32(19-13-26)38(23-27-10-14-28(15-11-27)25(2)36-21-20-34(39)40)35-37-33(24-41-35)31-17-16-29-8-5-6-9-30(29)22-31/h5-6,8-19,22,24,36H,2-4,7,20-21,23H2,1H3,(H,39,40). The lowest BCUT2D eigenvalue weighted by atomic mass is 10.1. The number of nitrogens with one attached hydrogen (secondary N) is 1. The van der Waals surface area contributed by atoms with Gasteiger partial charge in [0.2, 0.25) is 0 Å². The van der Waals surface area contributed by atoms with Gasteiger partial charge in [0.15, 0.2) is 5.13 Å². The molecule has 1 heterocycles. The van der Waals surface area contributed by atoms with Crippen molar-refractivity contribution in [1.29, 1.82) is 0 Å². The van der Waals surface area contributed by atoms with Crippen LogP contribution in [0.4, 0.5) is 10.8 Å². The molecule has 0 bridgehead atoms. The predicted octanol–water partition coefficient (Wildman–Crippen LogP) is 8.68. The van der Waals surface area contributed by atoms with E-state index in [9.17, 15) is 4.79 Å². The van der Waals surface area contributed by atoms with Crippen molar-refractivity contribution in [3.8, 4) is 11.3 Å². The van der Waals surface area contributed by atoms with Crippen molar-refractivity contribution >= 4 is 44.6 Å². The van der Waals surface area contributed by atoms with Gasteiger partial charge < -0.3 is 15.3 Å². The molecule has 5 aromatic rings. The number of aromatic nitrogens is 1. The van der Waals surface area contributed by atoms with Crippen LogP contribution in [0.1, 0.15) is 42.9 Å². The summed E-state index contributed by atoms with van der Waals surface area (Å²) in [5.74, 6) is -0.829. The molecule has 0 spiro atoms. The Morgan fingerprint density at radius 2 is 1.68 bits per heavy atom. The molecule has 6 heteroatoms. The maximum Gasteiger partial charge on any atom is 0.305 e. The number of anilines is 2. The van der Waals surface area contributed by atoms with Gasteiger partial charge >= 0.3 is 5.97 Å². The molecule has 208 valence electrons. The van der Waals surface area contributed by atoms with Crippen LogP contribution in [0, 0.1) is 0 Å². The quantitative estimate of drug-likeness (QED) is 0.151. The Bertz CT molecular complexity index is 1620. The maximum absolute atomic E-state index is 10.8. The summed E-state index contributed by atoms with van der Waals surface area (Å²) < 4.78 is 0. The molecule has 0 aliphatic carbocycles. The Hall–Kier alpha value is -4.42. The molecule has 0 aliphatic rings. The molecular weight excluding hydrogens is 526 g/mol. The Morgan fingerprint density at radius 3 is 2.41 bits per heavy atom. The highest BCUT2D eigenvalue weighted by Gasteiger charge is 2.16. The van der Waals surface area contributed by atoms with E-state index in [1.807, 2.05) is 12.1 Å². The summed E-state index contributed by atoms with van der Waals surface area (Å²) in [7, 11) is 0. The van der Waals surface area contributed by atoms with E-state index in [1.165, 1.54) is 29.2 Å². The molecule has 0 saturated carbocycles. The molecule has 0 fully saturated rings. The van der Waals surface area contributed by atoms with Gasteiger partial charge in [-0.25, -0.2) is 4.98 Å². The number of unbranched alkanes of at least 4 members (excludes halogenated alkanes) is 1. The number of thiazole rings is 1. The van der Waals surface area contributed by atoms with Crippen LogP contribution in [-0.2, 0) is 17.8 Å². The highest BCUT2D eigenvalue weighted by Crippen LogP contribution is 2.35. The smallest absolute Gasteiger partial charge is 0.305 e. The molecule has 0 radical (unpaired) electrons. The third-order valence-corrected chi connectivity index (χ3v) is 8.02. The molecule has 0 atom stereocenters. The zero-order valence-corrected chi connectivity index (χ0v) is 24.2. The molecule has 1 aromatic heterocycles. The summed E-state index contributed by atoms with van der Waals surface area (Å²) in [6.45, 7) is 7.30. The van der Waals surface area contributed by atoms with Crippen molar-refractivity contribution in [2.75, 3.05) is 11.4 Å². The van der Waals surface area contributed by atoms with E-state index in [-0.39, 0.29) is 6.42 Å². The van der Waals surface area contributed by atoms with Gasteiger partial charge in [-0.05, 0) is 58.5 Å². The lowest BCUT2D eigenvalue weighted by Gasteiger charge is -2.23. The third kappa shape index (κ3) is 7.21. The minimum Gasteiger partial charge on any atom is -0.481 e. The fourth-order valence-corrected chi connectivity index (χ4v) is 5.63. The van der Waals surface area contributed by atoms with Crippen LogP contribution in [0.25, 0.3) is 27.7 Å². The lowest BCUT2D eigenvalue weighted by Crippen LogP contribution is -2.17. The minimum atomic E-state index is -0.829. The number of rotatable bonds is 13. The average molecular weight is 562 g/mol. The average Bonchev–Trinajstić information content (AvgIpc) is 3.49. The Labute approximate surface area is 245 Å². The number of nitrogens with zero attached hydrogens (tertiary/aromatic N) is 2. The number of aliphatic carboxylic acids is 1. The van der Waals surface area contributed by atoms with Gasteiger partial charge in [0, 0.05) is 28.9 Å². The molecule has 2 N–H and O–H groups in total. The number of fused-ring (bicyclic) bond motifs is 1. The van der Waals surface area contributed by atoms with Crippen LogP contribution < -0.4 is 10.2 Å². The van der Waals surface area contributed by atoms with Crippen molar-refractivity contribution in [2.24, 2.45) is 0 Å². The molecule has 5 rings (SSSR count). The number of carbonyl (C=O) groups is 1. The summed E-state index contributed by atoms with van der Waals surface area (Å²) in [6.07, 6.45) is 3.51. The van der Waals surface area contributed by atoms with E-state index in [0.29, 0.717) is 13.1 Å². The highest BCUT2D eigenvalue weighted by atomic mass is 32.1. The van der Waals surface area contributed by atoms with Crippen LogP contribution >= 0.6 is 11.3 Å². The minimum absolute atomic E-state index is 0.0539. The molecule has 0 amide bonds. The summed E-state index contributed by atoms with van der Waals surface area (Å²) in [6, 6.07) is 32.0. The number of benzene rings is 4. The van der Waals surface area contributed by atoms with E-state index in [2.05, 4.69) is 108 Å². The molecular formula is C35H35N3O2S. The SMILES string of the molecule is C=C(NCCC(=O)O)c1ccc(CN(c2ccc(CCCC)cc2)c2nc(-c3ccc4ccccc4c3)cs2)cc1. The third-order valence-electron chi connectivity index (χ3n) is 7.16. The summed E-state index contributed by atoms with van der Waals surface area (Å²) in [4.78, 5) is 18.2. The monoisotopic (exact) mass is 561 g/mol. The van der Waals surface area contributed by atoms with Crippen LogP contribution in [0.15, 0.2) is 103 Å². The number of aryl methyl sites for hydroxylation is 1. The van der Waals surface area contributed by atoms with Crippen molar-refractivity contribution in [2.45, 2.75) is 39.2 Å². The van der Waals surface area contributed by atoms with E-state index in [0.717, 1.165) is 45.3 Å². The van der Waals surface area contributed by atoms with Crippen LogP contribution in [0.5, 0.6) is 0 Å². The molecule has 4 aromatic carbocycles. The lowest BCUT2D eigenvalue weighted by molar-refractivity contribution is -0.136. The second-order valence-corrected chi connectivity index (χ2v) is 11.0. The van der Waals surface area contributed by atoms with Crippen molar-refractivity contribution < 1.29 is 9.90 Å². The van der Waals surface area contributed by atoms with Crippen molar-refractivity contribution in [1.82, 2.24) is 10.3 Å². The summed E-state index contributed by atoms with van der Waals surface area (Å²) in [5.41, 5.74) is 7.35. The van der Waals surface area contributed by atoms with Crippen LogP contribution in [0.2, 0.25) is 0 Å². The second kappa shape index (κ2) is 13.3. The van der Waals surface area contributed by atoms with Gasteiger partial charge in [-0.1, -0.05) is 92.7 Å². The number of hydrogen-bond donors (Lipinski definition) is 2. The fraction of sp³-hybridized carbons (Fsp3) is 0.200. The first kappa shape index (κ1) is 28.1. The first-order valence-corrected chi connectivity index (χ1v) is 14.9. The molecule has 0 aliphatic heterocycles. The fourth-order valence-electron chi connectivity index (χ4n) is 4.78. The first-order chi connectivity index (χ1) is 20.0. The second-order valence-electron chi connectivity index (χ2n) is 10.2. The van der Waals surface area contributed by atoms with E-state index >= 15 is 0 Å². The highest BCUT2D eigenvalue weighted by molar-refractivity contribution is 7.14. The Balaban J connectivity index is 1.40. The van der Waals surface area contributed by atoms with Crippen LogP contribution in [-0.4, -0.2) is 22.6 Å². The van der Waals surface area contributed by atoms with E-state index in [1.54, 1.807) is 11.3 Å². The first-order valence-electron chi connectivity index (χ1n) is 14.0. The Morgan fingerprint density at radius 1 is 0.951 bits per heavy atom. The Kier molecular flexibility index (Phi) is 9.12. The number of carboxylic acids is 1. The van der Waals surface area contributed by atoms with Gasteiger partial charge in [0.1, 0.15) is 0 Å². The molecule has 0 saturated heterocycles. The summed E-state index contributed by atoms with van der Waals surface area (Å²) in [5, 5.41) is 17.5. The molecule has 5 nitrogen and oxygen atoms in total. The van der Waals surface area contributed by atoms with Crippen LogP contribution in [0.3, 0.4) is 0 Å². The van der Waals surface area contributed by atoms with Gasteiger partial charge in [-0.2, -0.15) is 0 Å². The largest absolute Gasteiger partial charge is 0.481 e. The van der Waals surface area contributed by atoms with Gasteiger partial charge in [-0.15, -0.1) is 11.3 Å². The molecule has 41 heavy (non-hydrogen) atoms. The number of carboxylic acid groups (broad SMARTS) is 1. The normalized spacial score (nSPS) is 11.0. The predicted molar refractivity (Wildman–Crippen MR) is 172 cm³/mol. The van der Waals surface area contributed by atoms with Gasteiger partial charge in [0.25, 0.3) is 0 Å².